The summed E-state index contributed by atoms with van der Waals surface area (Å²) in [4.78, 5) is 44.1. The second-order valence-electron chi connectivity index (χ2n) is 7.98. The van der Waals surface area contributed by atoms with Crippen molar-refractivity contribution in [1.82, 2.24) is 14.5 Å². The molecule has 0 spiro atoms. The zero-order valence-corrected chi connectivity index (χ0v) is 20.1. The molecule has 6 nitrogen and oxygen atoms in total. The Labute approximate surface area is 200 Å². The minimum absolute atomic E-state index is 0.0191. The van der Waals surface area contributed by atoms with Gasteiger partial charge in [-0.25, -0.2) is 13.8 Å². The maximum atomic E-state index is 13.8. The summed E-state index contributed by atoms with van der Waals surface area (Å²) in [7, 11) is 0. The van der Waals surface area contributed by atoms with E-state index in [9.17, 15) is 23.2 Å². The number of ketones is 1. The van der Waals surface area contributed by atoms with Crippen molar-refractivity contribution in [2.24, 2.45) is 0 Å². The van der Waals surface area contributed by atoms with Crippen LogP contribution < -0.4 is 5.56 Å². The number of aromatic nitrogens is 2. The van der Waals surface area contributed by atoms with E-state index in [4.69, 9.17) is 0 Å². The third-order valence-corrected chi connectivity index (χ3v) is 6.84. The topological polar surface area (TPSA) is 72.3 Å². The highest BCUT2D eigenvalue weighted by atomic mass is 79.9. The number of amides is 1. The number of carbonyl (C=O) groups excluding carboxylic acids is 2. The Bertz CT molecular complexity index is 1410. The summed E-state index contributed by atoms with van der Waals surface area (Å²) in [5.41, 5.74) is -0.949. The molecule has 10 heteroatoms. The predicted molar refractivity (Wildman–Crippen MR) is 125 cm³/mol. The van der Waals surface area contributed by atoms with Crippen molar-refractivity contribution in [1.29, 1.82) is 0 Å². The van der Waals surface area contributed by atoms with Crippen LogP contribution in [0.15, 0.2) is 33.8 Å². The van der Waals surface area contributed by atoms with Gasteiger partial charge in [0.2, 0.25) is 11.7 Å². The van der Waals surface area contributed by atoms with Gasteiger partial charge in [0.05, 0.1) is 34.2 Å². The SMILES string of the molecule is CCC(=O)C#Cc1sc2ncn(CC(=O)N3CC(C)(F)C3)c(=O)c2c1-c1ccc(F)c(Br)c1. The Morgan fingerprint density at radius 3 is 2.70 bits per heavy atom. The van der Waals surface area contributed by atoms with Crippen LogP contribution in [0.2, 0.25) is 0 Å². The molecular formula is C23H18BrF2N3O3S. The van der Waals surface area contributed by atoms with Gasteiger partial charge in [0.1, 0.15) is 22.9 Å². The number of benzene rings is 1. The average Bonchev–Trinajstić information content (AvgIpc) is 3.13. The summed E-state index contributed by atoms with van der Waals surface area (Å²) in [6.07, 6.45) is 1.52. The van der Waals surface area contributed by atoms with Crippen molar-refractivity contribution in [2.45, 2.75) is 32.5 Å². The van der Waals surface area contributed by atoms with Crippen LogP contribution in [0.3, 0.4) is 0 Å². The normalized spacial score (nSPS) is 14.5. The van der Waals surface area contributed by atoms with Gasteiger partial charge in [-0.15, -0.1) is 11.3 Å². The lowest BCUT2D eigenvalue weighted by atomic mass is 9.99. The van der Waals surface area contributed by atoms with Gasteiger partial charge in [0, 0.05) is 12.0 Å². The molecule has 0 radical (unpaired) electrons. The number of fused-ring (bicyclic) bond motifs is 1. The minimum Gasteiger partial charge on any atom is -0.335 e. The minimum atomic E-state index is -1.41. The molecule has 0 atom stereocenters. The van der Waals surface area contributed by atoms with E-state index in [1.54, 1.807) is 6.92 Å². The first-order chi connectivity index (χ1) is 15.6. The number of carbonyl (C=O) groups is 2. The van der Waals surface area contributed by atoms with E-state index in [1.165, 1.54) is 40.9 Å². The number of hydrogen-bond acceptors (Lipinski definition) is 5. The van der Waals surface area contributed by atoms with Crippen molar-refractivity contribution in [3.8, 4) is 23.0 Å². The van der Waals surface area contributed by atoms with Gasteiger partial charge >= 0.3 is 0 Å². The van der Waals surface area contributed by atoms with Gasteiger partial charge in [0.25, 0.3) is 5.56 Å². The average molecular weight is 534 g/mol. The molecule has 0 unspecified atom stereocenters. The summed E-state index contributed by atoms with van der Waals surface area (Å²) in [5, 5.41) is 0.223. The van der Waals surface area contributed by atoms with Gasteiger partial charge in [-0.3, -0.25) is 19.0 Å². The van der Waals surface area contributed by atoms with Crippen LogP contribution in [-0.4, -0.2) is 44.9 Å². The third-order valence-electron chi connectivity index (χ3n) is 5.22. The fourth-order valence-corrected chi connectivity index (χ4v) is 4.93. The second-order valence-corrected chi connectivity index (χ2v) is 9.84. The first kappa shape index (κ1) is 23.3. The number of thiophene rings is 1. The summed E-state index contributed by atoms with van der Waals surface area (Å²) in [6, 6.07) is 4.29. The van der Waals surface area contributed by atoms with Crippen LogP contribution in [0, 0.1) is 17.7 Å². The summed E-state index contributed by atoms with van der Waals surface area (Å²) < 4.78 is 29.0. The lowest BCUT2D eigenvalue weighted by Crippen LogP contribution is -2.60. The van der Waals surface area contributed by atoms with E-state index in [0.29, 0.717) is 20.8 Å². The van der Waals surface area contributed by atoms with Crippen LogP contribution in [0.4, 0.5) is 8.78 Å². The monoisotopic (exact) mass is 533 g/mol. The maximum Gasteiger partial charge on any atom is 0.263 e. The van der Waals surface area contributed by atoms with E-state index in [2.05, 4.69) is 32.8 Å². The number of rotatable bonds is 4. The highest BCUT2D eigenvalue weighted by molar-refractivity contribution is 9.10. The number of hydrogen-bond donors (Lipinski definition) is 0. The summed E-state index contributed by atoms with van der Waals surface area (Å²) >= 11 is 4.30. The molecule has 4 rings (SSSR count). The lowest BCUT2D eigenvalue weighted by molar-refractivity contribution is -0.144. The largest absolute Gasteiger partial charge is 0.335 e. The highest BCUT2D eigenvalue weighted by Gasteiger charge is 2.41. The Kier molecular flexibility index (Phi) is 6.20. The zero-order chi connectivity index (χ0) is 23.9. The molecule has 170 valence electrons. The van der Waals surface area contributed by atoms with Crippen molar-refractivity contribution in [2.75, 3.05) is 13.1 Å². The lowest BCUT2D eigenvalue weighted by Gasteiger charge is -2.42. The van der Waals surface area contributed by atoms with Crippen molar-refractivity contribution < 1.29 is 18.4 Å². The van der Waals surface area contributed by atoms with Crippen LogP contribution >= 0.6 is 27.3 Å². The van der Waals surface area contributed by atoms with Gasteiger partial charge in [-0.1, -0.05) is 13.0 Å². The van der Waals surface area contributed by atoms with E-state index >= 15 is 0 Å². The fraction of sp³-hybridized carbons (Fsp3) is 0.304. The van der Waals surface area contributed by atoms with Crippen molar-refractivity contribution in [3.05, 3.63) is 50.0 Å². The number of alkyl halides is 1. The fourth-order valence-electron chi connectivity index (χ4n) is 3.54. The molecule has 0 N–H and O–H groups in total. The van der Waals surface area contributed by atoms with E-state index < -0.39 is 17.0 Å². The van der Waals surface area contributed by atoms with Crippen LogP contribution in [0.1, 0.15) is 25.1 Å². The Morgan fingerprint density at radius 1 is 1.33 bits per heavy atom. The zero-order valence-electron chi connectivity index (χ0n) is 17.7. The molecule has 0 bridgehead atoms. The van der Waals surface area contributed by atoms with Crippen molar-refractivity contribution >= 4 is 49.2 Å². The second kappa shape index (κ2) is 8.80. The first-order valence-electron chi connectivity index (χ1n) is 10.1. The molecule has 1 aliphatic heterocycles. The van der Waals surface area contributed by atoms with E-state index in [-0.39, 0.29) is 47.6 Å². The molecule has 1 fully saturated rings. The maximum absolute atomic E-state index is 13.8. The molecular weight excluding hydrogens is 516 g/mol. The van der Waals surface area contributed by atoms with E-state index in [0.717, 1.165) is 11.3 Å². The number of Topliss-reactive ketones (excluding diaryl/α,β-unsaturated/α-hetero) is 1. The van der Waals surface area contributed by atoms with Gasteiger partial charge in [-0.05, 0) is 52.4 Å². The predicted octanol–water partition coefficient (Wildman–Crippen LogP) is 3.93. The van der Waals surface area contributed by atoms with E-state index in [1.807, 2.05) is 0 Å². The highest BCUT2D eigenvalue weighted by Crippen LogP contribution is 2.37. The molecule has 1 aliphatic rings. The molecule has 1 saturated heterocycles. The van der Waals surface area contributed by atoms with Gasteiger partial charge in [0.15, 0.2) is 0 Å². The Hall–Kier alpha value is -2.90. The van der Waals surface area contributed by atoms with Crippen molar-refractivity contribution in [3.63, 3.8) is 0 Å². The molecule has 1 aromatic carbocycles. The van der Waals surface area contributed by atoms with Crippen LogP contribution in [0.5, 0.6) is 0 Å². The third kappa shape index (κ3) is 4.61. The quantitative estimate of drug-likeness (QED) is 0.476. The van der Waals surface area contributed by atoms with Crippen LogP contribution in [0.25, 0.3) is 21.3 Å². The summed E-state index contributed by atoms with van der Waals surface area (Å²) in [5.74, 6) is 4.26. The number of halogens is 3. The van der Waals surface area contributed by atoms with Gasteiger partial charge < -0.3 is 4.90 Å². The summed E-state index contributed by atoms with van der Waals surface area (Å²) in [6.45, 7) is 2.79. The molecule has 3 aromatic rings. The Balaban J connectivity index is 1.83. The molecule has 1 amide bonds. The first-order valence-corrected chi connectivity index (χ1v) is 11.7. The molecule has 2 aromatic heterocycles. The molecule has 33 heavy (non-hydrogen) atoms. The van der Waals surface area contributed by atoms with Gasteiger partial charge in [-0.2, -0.15) is 0 Å². The molecule has 0 aliphatic carbocycles. The Morgan fingerprint density at radius 2 is 2.06 bits per heavy atom. The smallest absolute Gasteiger partial charge is 0.263 e. The number of nitrogens with zero attached hydrogens (tertiary/aromatic N) is 3. The van der Waals surface area contributed by atoms with Crippen LogP contribution in [-0.2, 0) is 16.1 Å². The number of likely N-dealkylation sites (tertiary alicyclic amines) is 1. The standard InChI is InChI=1S/C23H18BrF2N3O3S/c1-3-14(30)5-7-17-19(13-4-6-16(25)15(24)8-13)20-21(33-17)27-12-28(22(20)32)9-18(31)29-10-23(2,26)11-29/h4,6,8,12H,3,9-11H2,1-2H3. The molecule has 0 saturated carbocycles. The molecule has 3 heterocycles.